The van der Waals surface area contributed by atoms with Crippen LogP contribution in [0.25, 0.3) is 11.1 Å². The van der Waals surface area contributed by atoms with Crippen LogP contribution in [0.3, 0.4) is 0 Å². The monoisotopic (exact) mass is 466 g/mol. The molecule has 3 heterocycles. The van der Waals surface area contributed by atoms with Crippen molar-refractivity contribution in [2.75, 3.05) is 69.9 Å². The minimum absolute atomic E-state index is 0.304. The van der Waals surface area contributed by atoms with Crippen LogP contribution in [0, 0.1) is 6.92 Å². The summed E-state index contributed by atoms with van der Waals surface area (Å²) in [6.45, 7) is 10.8. The Hall–Kier alpha value is -2.64. The van der Waals surface area contributed by atoms with Gasteiger partial charge in [-0.25, -0.2) is 9.78 Å². The lowest BCUT2D eigenvalue weighted by molar-refractivity contribution is 0.0599. The minimum atomic E-state index is -0.304. The van der Waals surface area contributed by atoms with E-state index in [4.69, 9.17) is 14.5 Å². The molecule has 0 saturated carbocycles. The van der Waals surface area contributed by atoms with E-state index in [0.29, 0.717) is 11.6 Å². The van der Waals surface area contributed by atoms with Crippen molar-refractivity contribution in [3.8, 4) is 11.1 Å². The molecular formula is C27H38N4O3. The van der Waals surface area contributed by atoms with E-state index in [1.165, 1.54) is 7.11 Å². The number of methoxy groups -OCH3 is 1. The molecule has 0 N–H and O–H groups in total. The highest BCUT2D eigenvalue weighted by Gasteiger charge is 2.25. The fourth-order valence-electron chi connectivity index (χ4n) is 5.13. The lowest BCUT2D eigenvalue weighted by Gasteiger charge is -2.37. The van der Waals surface area contributed by atoms with Crippen LogP contribution in [0.15, 0.2) is 30.5 Å². The largest absolute Gasteiger partial charge is 0.465 e. The Morgan fingerprint density at radius 2 is 1.94 bits per heavy atom. The van der Waals surface area contributed by atoms with Crippen molar-refractivity contribution in [1.29, 1.82) is 0 Å². The number of pyridine rings is 1. The fourth-order valence-corrected chi connectivity index (χ4v) is 5.13. The number of esters is 1. The number of carbonyl (C=O) groups is 1. The van der Waals surface area contributed by atoms with Crippen molar-refractivity contribution in [1.82, 2.24) is 9.88 Å². The van der Waals surface area contributed by atoms with Gasteiger partial charge in [0.2, 0.25) is 0 Å². The van der Waals surface area contributed by atoms with Gasteiger partial charge in [0.05, 0.1) is 12.7 Å². The van der Waals surface area contributed by atoms with Crippen LogP contribution >= 0.6 is 0 Å². The predicted octanol–water partition coefficient (Wildman–Crippen LogP) is 3.99. The van der Waals surface area contributed by atoms with Crippen molar-refractivity contribution < 1.29 is 14.3 Å². The summed E-state index contributed by atoms with van der Waals surface area (Å²) in [6.07, 6.45) is 5.06. The molecule has 2 saturated heterocycles. The second-order valence-electron chi connectivity index (χ2n) is 9.34. The van der Waals surface area contributed by atoms with Gasteiger partial charge < -0.3 is 24.2 Å². The summed E-state index contributed by atoms with van der Waals surface area (Å²) in [7, 11) is 3.62. The number of carbonyl (C=O) groups excluding carboxylic acids is 1. The summed E-state index contributed by atoms with van der Waals surface area (Å²) in [5.41, 5.74) is 4.65. The number of rotatable bonds is 6. The van der Waals surface area contributed by atoms with Crippen LogP contribution < -0.4 is 9.80 Å². The smallest absolute Gasteiger partial charge is 0.338 e. The molecule has 0 amide bonds. The van der Waals surface area contributed by atoms with Crippen LogP contribution in [-0.2, 0) is 9.47 Å². The molecule has 7 nitrogen and oxygen atoms in total. The highest BCUT2D eigenvalue weighted by Crippen LogP contribution is 2.34. The molecule has 0 atom stereocenters. The number of benzene rings is 1. The molecule has 0 radical (unpaired) electrons. The Morgan fingerprint density at radius 1 is 1.15 bits per heavy atom. The van der Waals surface area contributed by atoms with E-state index in [9.17, 15) is 4.79 Å². The Bertz CT molecular complexity index is 973. The van der Waals surface area contributed by atoms with Gasteiger partial charge >= 0.3 is 5.97 Å². The van der Waals surface area contributed by atoms with E-state index in [1.807, 2.05) is 19.2 Å². The lowest BCUT2D eigenvalue weighted by Crippen LogP contribution is -2.40. The SMILES string of the molecule is CCN(c1cc(-c2ccc(N3CCCN(C)CC3)nc2)cc(C(=O)OC)c1C)C1CCOCC1. The van der Waals surface area contributed by atoms with Crippen LogP contribution in [0.5, 0.6) is 0 Å². The van der Waals surface area contributed by atoms with Crippen molar-refractivity contribution in [2.45, 2.75) is 39.2 Å². The second-order valence-corrected chi connectivity index (χ2v) is 9.34. The molecule has 0 spiro atoms. The zero-order valence-corrected chi connectivity index (χ0v) is 21.0. The minimum Gasteiger partial charge on any atom is -0.465 e. The topological polar surface area (TPSA) is 58.1 Å². The van der Waals surface area contributed by atoms with Crippen molar-refractivity contribution in [2.24, 2.45) is 0 Å². The maximum absolute atomic E-state index is 12.7. The van der Waals surface area contributed by atoms with Crippen LogP contribution in [0.4, 0.5) is 11.5 Å². The van der Waals surface area contributed by atoms with Crippen molar-refractivity contribution >= 4 is 17.5 Å². The van der Waals surface area contributed by atoms with Crippen LogP contribution in [0.2, 0.25) is 0 Å². The third-order valence-electron chi connectivity index (χ3n) is 7.19. The Kier molecular flexibility index (Phi) is 8.06. The first-order valence-corrected chi connectivity index (χ1v) is 12.5. The molecule has 2 aliphatic heterocycles. The first kappa shape index (κ1) is 24.5. The van der Waals surface area contributed by atoms with Gasteiger partial charge in [0.1, 0.15) is 5.82 Å². The highest BCUT2D eigenvalue weighted by molar-refractivity contribution is 5.95. The molecule has 1 aromatic carbocycles. The summed E-state index contributed by atoms with van der Waals surface area (Å²) in [6, 6.07) is 8.78. The van der Waals surface area contributed by atoms with Crippen molar-refractivity contribution in [3.05, 3.63) is 41.6 Å². The molecule has 2 aliphatic rings. The van der Waals surface area contributed by atoms with Gasteiger partial charge in [-0.2, -0.15) is 0 Å². The lowest BCUT2D eigenvalue weighted by atomic mass is 9.96. The van der Waals surface area contributed by atoms with E-state index < -0.39 is 0 Å². The third-order valence-corrected chi connectivity index (χ3v) is 7.19. The molecule has 34 heavy (non-hydrogen) atoms. The number of likely N-dealkylation sites (N-methyl/N-ethyl adjacent to an activating group) is 1. The van der Waals surface area contributed by atoms with Gasteiger partial charge in [-0.1, -0.05) is 0 Å². The Balaban J connectivity index is 1.68. The summed E-state index contributed by atoms with van der Waals surface area (Å²) < 4.78 is 10.7. The first-order valence-electron chi connectivity index (χ1n) is 12.5. The van der Waals surface area contributed by atoms with E-state index >= 15 is 0 Å². The van der Waals surface area contributed by atoms with Crippen molar-refractivity contribution in [3.63, 3.8) is 0 Å². The number of aromatic nitrogens is 1. The quantitative estimate of drug-likeness (QED) is 0.597. The summed E-state index contributed by atoms with van der Waals surface area (Å²) in [5.74, 6) is 0.707. The highest BCUT2D eigenvalue weighted by atomic mass is 16.5. The van der Waals surface area contributed by atoms with E-state index in [-0.39, 0.29) is 5.97 Å². The normalized spacial score (nSPS) is 17.9. The van der Waals surface area contributed by atoms with Gasteiger partial charge in [0.15, 0.2) is 0 Å². The molecule has 0 bridgehead atoms. The predicted molar refractivity (Wildman–Crippen MR) is 137 cm³/mol. The van der Waals surface area contributed by atoms with Crippen LogP contribution in [0.1, 0.15) is 42.1 Å². The maximum atomic E-state index is 12.7. The Morgan fingerprint density at radius 3 is 2.62 bits per heavy atom. The molecule has 2 aromatic rings. The molecule has 0 unspecified atom stereocenters. The third kappa shape index (κ3) is 5.36. The van der Waals surface area contributed by atoms with Gasteiger partial charge in [0.25, 0.3) is 0 Å². The summed E-state index contributed by atoms with van der Waals surface area (Å²) in [4.78, 5) is 24.6. The molecule has 1 aromatic heterocycles. The molecule has 184 valence electrons. The van der Waals surface area contributed by atoms with E-state index in [0.717, 1.165) is 93.4 Å². The molecular weight excluding hydrogens is 428 g/mol. The summed E-state index contributed by atoms with van der Waals surface area (Å²) in [5, 5.41) is 0. The number of hydrogen-bond donors (Lipinski definition) is 0. The second kappa shape index (κ2) is 11.2. The zero-order valence-electron chi connectivity index (χ0n) is 21.0. The maximum Gasteiger partial charge on any atom is 0.338 e. The van der Waals surface area contributed by atoms with Gasteiger partial charge in [-0.05, 0) is 82.1 Å². The standard InChI is InChI=1S/C27H38N4O3/c1-5-31(23-9-15-34-16-10-23)25-18-22(17-24(20(25)2)27(32)33-4)21-7-8-26(28-19-21)30-12-6-11-29(3)13-14-30/h7-8,17-19,23H,5-6,9-16H2,1-4H3. The Labute approximate surface area is 203 Å². The average Bonchev–Trinajstić information content (AvgIpc) is 3.10. The van der Waals surface area contributed by atoms with E-state index in [2.05, 4.69) is 46.9 Å². The molecule has 0 aliphatic carbocycles. The first-order chi connectivity index (χ1) is 16.5. The van der Waals surface area contributed by atoms with Crippen LogP contribution in [-0.4, -0.2) is 82.0 Å². The van der Waals surface area contributed by atoms with Gasteiger partial charge in [0, 0.05) is 62.9 Å². The number of anilines is 2. The summed E-state index contributed by atoms with van der Waals surface area (Å²) >= 11 is 0. The van der Waals surface area contributed by atoms with E-state index in [1.54, 1.807) is 0 Å². The molecule has 4 rings (SSSR count). The fraction of sp³-hybridized carbons (Fsp3) is 0.556. The number of nitrogens with zero attached hydrogens (tertiary/aromatic N) is 4. The number of ether oxygens (including phenoxy) is 2. The average molecular weight is 467 g/mol. The number of hydrogen-bond acceptors (Lipinski definition) is 7. The van der Waals surface area contributed by atoms with Gasteiger partial charge in [-0.15, -0.1) is 0 Å². The molecule has 2 fully saturated rings. The molecule has 7 heteroatoms. The van der Waals surface area contributed by atoms with Gasteiger partial charge in [-0.3, -0.25) is 0 Å². The zero-order chi connectivity index (χ0) is 24.1.